The zero-order chi connectivity index (χ0) is 35.5. The predicted octanol–water partition coefficient (Wildman–Crippen LogP) is 5.03. The minimum absolute atomic E-state index is 0.135. The van der Waals surface area contributed by atoms with E-state index in [-0.39, 0.29) is 46.7 Å². The van der Waals surface area contributed by atoms with E-state index >= 15 is 0 Å². The molecule has 0 aliphatic carbocycles. The highest BCUT2D eigenvalue weighted by Gasteiger charge is 2.47. The number of allylic oxidation sites excluding steroid dienone is 1. The number of esters is 2. The van der Waals surface area contributed by atoms with Gasteiger partial charge in [-0.05, 0) is 74.4 Å². The molecule has 4 aliphatic rings. The van der Waals surface area contributed by atoms with Crippen LogP contribution in [0.4, 0.5) is 0 Å². The van der Waals surface area contributed by atoms with Crippen LogP contribution in [0.3, 0.4) is 0 Å². The van der Waals surface area contributed by atoms with Gasteiger partial charge in [-0.3, -0.25) is 19.5 Å². The molecule has 4 heterocycles. The Labute approximate surface area is 304 Å². The van der Waals surface area contributed by atoms with Gasteiger partial charge >= 0.3 is 11.9 Å². The topological polar surface area (TPSA) is 112 Å². The Bertz CT molecular complexity index is 1640. The largest absolute Gasteiger partial charge is 0.468 e. The first-order chi connectivity index (χ1) is 24.1. The first kappa shape index (κ1) is 36.5. The minimum atomic E-state index is -1.15. The highest BCUT2D eigenvalue weighted by Crippen LogP contribution is 2.47. The highest BCUT2D eigenvalue weighted by atomic mass is 35.5. The van der Waals surface area contributed by atoms with Gasteiger partial charge < -0.3 is 24.4 Å². The second-order valence-corrected chi connectivity index (χ2v) is 14.6. The number of hydrogen-bond acceptors (Lipinski definition) is 9. The maximum atomic E-state index is 14.1. The van der Waals surface area contributed by atoms with E-state index in [0.29, 0.717) is 48.9 Å². The van der Waals surface area contributed by atoms with Gasteiger partial charge in [0.1, 0.15) is 5.92 Å². The predicted molar refractivity (Wildman–Crippen MR) is 192 cm³/mol. The van der Waals surface area contributed by atoms with Crippen LogP contribution in [-0.2, 0) is 36.9 Å². The fourth-order valence-corrected chi connectivity index (χ4v) is 9.18. The summed E-state index contributed by atoms with van der Waals surface area (Å²) < 4.78 is 10.6. The van der Waals surface area contributed by atoms with E-state index in [1.54, 1.807) is 18.2 Å². The van der Waals surface area contributed by atoms with Gasteiger partial charge in [0, 0.05) is 66.0 Å². The zero-order valence-electron chi connectivity index (χ0n) is 28.9. The molecule has 12 heteroatoms. The lowest BCUT2D eigenvalue weighted by Gasteiger charge is -2.45. The van der Waals surface area contributed by atoms with Crippen LogP contribution in [-0.4, -0.2) is 109 Å². The number of ether oxygens (including phenoxy) is 2. The van der Waals surface area contributed by atoms with E-state index < -0.39 is 23.8 Å². The van der Waals surface area contributed by atoms with E-state index in [4.69, 9.17) is 37.7 Å². The average molecular weight is 726 g/mol. The summed E-state index contributed by atoms with van der Waals surface area (Å²) in [6.07, 6.45) is 5.44. The molecule has 10 nitrogen and oxygen atoms in total. The number of halogens is 2. The van der Waals surface area contributed by atoms with Crippen molar-refractivity contribution in [2.45, 2.75) is 75.6 Å². The smallest absolute Gasteiger partial charge is 0.336 e. The molecule has 6 rings (SSSR count). The van der Waals surface area contributed by atoms with Crippen molar-refractivity contribution in [3.63, 3.8) is 0 Å². The molecule has 3 fully saturated rings. The maximum Gasteiger partial charge on any atom is 0.336 e. The number of carbonyl (C=O) groups is 3. The van der Waals surface area contributed by atoms with Crippen LogP contribution < -0.4 is 0 Å². The molecule has 0 radical (unpaired) electrons. The molecule has 0 saturated carbocycles. The number of aliphatic hydroxyl groups excluding tert-OH is 1. The molecule has 2 aromatic rings. The summed E-state index contributed by atoms with van der Waals surface area (Å²) in [5, 5.41) is 10.5. The summed E-state index contributed by atoms with van der Waals surface area (Å²) in [6, 6.07) is 14.3. The standard InChI is InChI=1S/C38H46Cl2N4O6/c1-42-25-12-13-26(42)20-27(19-25)43-15-17-44(18-16-43)32(46)21-31-35(38(48)50-3)36(33-28(39)9-6-10-29(33)40)34(37(47)49-2)30(41-31)14-11-23-7-4-5-8-24(23)22-45/h4-10,25-27,35-36,45H,11-22H2,1-3H3. The van der Waals surface area contributed by atoms with Crippen molar-refractivity contribution in [2.24, 2.45) is 10.9 Å². The lowest BCUT2D eigenvalue weighted by molar-refractivity contribution is -0.143. The third-order valence-corrected chi connectivity index (χ3v) is 11.9. The van der Waals surface area contributed by atoms with Crippen LogP contribution in [0, 0.1) is 5.92 Å². The van der Waals surface area contributed by atoms with Crippen molar-refractivity contribution in [1.29, 1.82) is 0 Å². The molecule has 3 saturated heterocycles. The number of carbonyl (C=O) groups excluding carboxylic acids is 3. The number of amides is 1. The van der Waals surface area contributed by atoms with Gasteiger partial charge in [-0.25, -0.2) is 4.79 Å². The molecule has 4 atom stereocenters. The second-order valence-electron chi connectivity index (χ2n) is 13.8. The minimum Gasteiger partial charge on any atom is -0.468 e. The number of hydrogen-bond donors (Lipinski definition) is 1. The quantitative estimate of drug-likeness (QED) is 0.340. The number of methoxy groups -OCH3 is 2. The lowest BCUT2D eigenvalue weighted by Crippen LogP contribution is -2.56. The first-order valence-corrected chi connectivity index (χ1v) is 18.2. The monoisotopic (exact) mass is 724 g/mol. The number of nitrogens with zero attached hydrogens (tertiary/aromatic N) is 4. The van der Waals surface area contributed by atoms with E-state index in [1.165, 1.54) is 39.9 Å². The summed E-state index contributed by atoms with van der Waals surface area (Å²) >= 11 is 13.5. The second kappa shape index (κ2) is 15.9. The molecule has 4 unspecified atom stereocenters. The Hall–Kier alpha value is -3.28. The van der Waals surface area contributed by atoms with Gasteiger partial charge in [0.25, 0.3) is 0 Å². The number of aliphatic imine (C=N–C) groups is 1. The van der Waals surface area contributed by atoms with Gasteiger partial charge in [-0.15, -0.1) is 0 Å². The fourth-order valence-electron chi connectivity index (χ4n) is 8.55. The summed E-state index contributed by atoms with van der Waals surface area (Å²) in [6.45, 7) is 2.63. The van der Waals surface area contributed by atoms with E-state index in [2.05, 4.69) is 16.8 Å². The van der Waals surface area contributed by atoms with Gasteiger partial charge in [-0.1, -0.05) is 53.5 Å². The molecular formula is C38H46Cl2N4O6. The van der Waals surface area contributed by atoms with Gasteiger partial charge in [-0.2, -0.15) is 0 Å². The third kappa shape index (κ3) is 7.37. The van der Waals surface area contributed by atoms with Crippen LogP contribution in [0.5, 0.6) is 0 Å². The molecule has 268 valence electrons. The Kier molecular flexibility index (Phi) is 11.6. The SMILES string of the molecule is COC(=O)C1=C(CCc2ccccc2CO)N=C(CC(=O)N2CCN(C3CC4CCC(C3)N4C)CC2)C(C(=O)OC)C1c1c(Cl)cccc1Cl. The molecule has 0 spiro atoms. The number of piperazine rings is 1. The number of fused-ring (bicyclic) bond motifs is 2. The molecule has 2 bridgehead atoms. The Balaban J connectivity index is 1.32. The first-order valence-electron chi connectivity index (χ1n) is 17.5. The van der Waals surface area contributed by atoms with Crippen molar-refractivity contribution in [3.8, 4) is 0 Å². The molecule has 50 heavy (non-hydrogen) atoms. The van der Waals surface area contributed by atoms with Gasteiger partial charge in [0.15, 0.2) is 0 Å². The Morgan fingerprint density at radius 2 is 1.50 bits per heavy atom. The molecule has 2 aromatic carbocycles. The van der Waals surface area contributed by atoms with Gasteiger partial charge in [0.05, 0.1) is 38.5 Å². The average Bonchev–Trinajstić information content (AvgIpc) is 3.31. The summed E-state index contributed by atoms with van der Waals surface area (Å²) in [7, 11) is 4.79. The number of piperidine rings is 1. The van der Waals surface area contributed by atoms with Crippen LogP contribution in [0.1, 0.15) is 61.1 Å². The summed E-state index contributed by atoms with van der Waals surface area (Å²) in [4.78, 5) is 53.3. The molecule has 4 aliphatic heterocycles. The van der Waals surface area contributed by atoms with E-state index in [0.717, 1.165) is 24.2 Å². The molecule has 1 amide bonds. The molecular weight excluding hydrogens is 679 g/mol. The van der Waals surface area contributed by atoms with Crippen molar-refractivity contribution in [1.82, 2.24) is 14.7 Å². The summed E-state index contributed by atoms with van der Waals surface area (Å²) in [5.41, 5.74) is 2.80. The van der Waals surface area contributed by atoms with Crippen molar-refractivity contribution in [2.75, 3.05) is 47.4 Å². The Morgan fingerprint density at radius 1 is 0.860 bits per heavy atom. The third-order valence-electron chi connectivity index (χ3n) is 11.3. The number of rotatable bonds is 10. The van der Waals surface area contributed by atoms with Crippen LogP contribution in [0.2, 0.25) is 10.0 Å². The highest BCUT2D eigenvalue weighted by molar-refractivity contribution is 6.36. The maximum absolute atomic E-state index is 14.1. The van der Waals surface area contributed by atoms with E-state index in [1.807, 2.05) is 29.2 Å². The van der Waals surface area contributed by atoms with Gasteiger partial charge in [0.2, 0.25) is 5.91 Å². The van der Waals surface area contributed by atoms with Crippen LogP contribution in [0.25, 0.3) is 0 Å². The number of aliphatic hydroxyl groups is 1. The summed E-state index contributed by atoms with van der Waals surface area (Å²) in [5.74, 6) is -3.66. The van der Waals surface area contributed by atoms with Crippen molar-refractivity contribution in [3.05, 3.63) is 80.5 Å². The van der Waals surface area contributed by atoms with Crippen molar-refractivity contribution >= 4 is 46.8 Å². The number of aryl methyl sites for hydroxylation is 1. The number of benzene rings is 2. The molecule has 1 N–H and O–H groups in total. The van der Waals surface area contributed by atoms with E-state index in [9.17, 15) is 19.5 Å². The van der Waals surface area contributed by atoms with Crippen molar-refractivity contribution < 1.29 is 29.0 Å². The lowest BCUT2D eigenvalue weighted by atomic mass is 9.73. The normalized spacial score (nSPS) is 25.8. The van der Waals surface area contributed by atoms with Crippen LogP contribution >= 0.6 is 23.2 Å². The zero-order valence-corrected chi connectivity index (χ0v) is 30.5. The van der Waals surface area contributed by atoms with Crippen LogP contribution in [0.15, 0.2) is 58.7 Å². The fraction of sp³-hybridized carbons (Fsp3) is 0.526. The molecule has 0 aromatic heterocycles. The Morgan fingerprint density at radius 3 is 2.10 bits per heavy atom.